The zero-order chi connectivity index (χ0) is 10.3. The average molecular weight is 204 g/mol. The van der Waals surface area contributed by atoms with Crippen molar-refractivity contribution in [3.8, 4) is 0 Å². The van der Waals surface area contributed by atoms with Gasteiger partial charge in [-0.3, -0.25) is 0 Å². The fourth-order valence-corrected chi connectivity index (χ4v) is 3.34. The van der Waals surface area contributed by atoms with Gasteiger partial charge in [0.15, 0.2) is 0 Å². The minimum absolute atomic E-state index is 0.625. The lowest BCUT2D eigenvalue weighted by Crippen LogP contribution is -2.54. The molecule has 2 heterocycles. The van der Waals surface area contributed by atoms with Gasteiger partial charge in [-0.1, -0.05) is 12.8 Å². The summed E-state index contributed by atoms with van der Waals surface area (Å²) in [5, 5.41) is 3.62. The molecule has 82 valence electrons. The first-order chi connectivity index (χ1) is 7.34. The van der Waals surface area contributed by atoms with Crippen molar-refractivity contribution in [1.82, 2.24) is 9.88 Å². The van der Waals surface area contributed by atoms with Crippen LogP contribution in [0, 0.1) is 5.41 Å². The van der Waals surface area contributed by atoms with Crippen molar-refractivity contribution in [3.05, 3.63) is 24.0 Å². The van der Waals surface area contributed by atoms with E-state index >= 15 is 0 Å². The van der Waals surface area contributed by atoms with Gasteiger partial charge in [0.2, 0.25) is 0 Å². The molecule has 0 aromatic carbocycles. The third-order valence-corrected chi connectivity index (χ3v) is 4.34. The molecule has 1 atom stereocenters. The Hall–Kier alpha value is -0.760. The lowest BCUT2D eigenvalue weighted by atomic mass is 9.70. The van der Waals surface area contributed by atoms with Crippen molar-refractivity contribution in [1.29, 1.82) is 0 Å². The molecular weight excluding hydrogens is 184 g/mol. The van der Waals surface area contributed by atoms with Crippen LogP contribution in [-0.4, -0.2) is 11.1 Å². The second-order valence-electron chi connectivity index (χ2n) is 5.16. The van der Waals surface area contributed by atoms with Crippen LogP contribution in [0.4, 0.5) is 0 Å². The van der Waals surface area contributed by atoms with Gasteiger partial charge in [-0.2, -0.15) is 0 Å². The van der Waals surface area contributed by atoms with E-state index in [4.69, 9.17) is 0 Å². The highest BCUT2D eigenvalue weighted by atomic mass is 15.1. The van der Waals surface area contributed by atoms with Crippen molar-refractivity contribution < 1.29 is 0 Å². The van der Waals surface area contributed by atoms with Crippen molar-refractivity contribution in [2.24, 2.45) is 5.41 Å². The maximum absolute atomic E-state index is 3.62. The fourth-order valence-electron chi connectivity index (χ4n) is 3.34. The molecule has 1 aromatic rings. The molecule has 1 saturated carbocycles. The van der Waals surface area contributed by atoms with E-state index in [1.165, 1.54) is 37.8 Å². The van der Waals surface area contributed by atoms with Crippen molar-refractivity contribution in [2.45, 2.75) is 45.2 Å². The third-order valence-electron chi connectivity index (χ3n) is 4.34. The van der Waals surface area contributed by atoms with Gasteiger partial charge in [0.05, 0.1) is 0 Å². The standard InChI is InChI=1S/C13H20N2/c1-2-15-8-5-11(9-15)12-13(10-14-12)6-3-4-7-13/h5,8-9,12,14H,2-4,6-7,10H2,1H3. The van der Waals surface area contributed by atoms with E-state index in [2.05, 4.69) is 35.3 Å². The van der Waals surface area contributed by atoms with E-state index in [9.17, 15) is 0 Å². The van der Waals surface area contributed by atoms with Crippen LogP contribution in [-0.2, 0) is 6.54 Å². The number of hydrogen-bond acceptors (Lipinski definition) is 1. The SMILES string of the molecule is CCn1ccc(C2NCC23CCCC3)c1. The lowest BCUT2D eigenvalue weighted by Gasteiger charge is -2.48. The molecule has 1 spiro atoms. The lowest BCUT2D eigenvalue weighted by molar-refractivity contribution is 0.0894. The van der Waals surface area contributed by atoms with Crippen LogP contribution in [0.3, 0.4) is 0 Å². The molecule has 1 N–H and O–H groups in total. The minimum atomic E-state index is 0.625. The van der Waals surface area contributed by atoms with E-state index in [1.807, 2.05) is 0 Å². The van der Waals surface area contributed by atoms with Gasteiger partial charge < -0.3 is 9.88 Å². The smallest absolute Gasteiger partial charge is 0.0404 e. The molecule has 2 heteroatoms. The second kappa shape index (κ2) is 3.38. The van der Waals surface area contributed by atoms with Crippen molar-refractivity contribution >= 4 is 0 Å². The normalized spacial score (nSPS) is 28.2. The Morgan fingerprint density at radius 3 is 2.80 bits per heavy atom. The Labute approximate surface area is 91.7 Å². The van der Waals surface area contributed by atoms with Crippen LogP contribution in [0.2, 0.25) is 0 Å². The summed E-state index contributed by atoms with van der Waals surface area (Å²) in [6.45, 7) is 4.53. The molecule has 2 nitrogen and oxygen atoms in total. The quantitative estimate of drug-likeness (QED) is 0.783. The molecule has 15 heavy (non-hydrogen) atoms. The van der Waals surface area contributed by atoms with Gasteiger partial charge in [-0.05, 0) is 31.4 Å². The van der Waals surface area contributed by atoms with Crippen LogP contribution in [0.25, 0.3) is 0 Å². The maximum atomic E-state index is 3.62. The summed E-state index contributed by atoms with van der Waals surface area (Å²) in [6, 6.07) is 2.94. The predicted octanol–water partition coefficient (Wildman–Crippen LogP) is 2.71. The predicted molar refractivity (Wildman–Crippen MR) is 61.8 cm³/mol. The summed E-state index contributed by atoms with van der Waals surface area (Å²) in [7, 11) is 0. The molecular formula is C13H20N2. The Kier molecular flexibility index (Phi) is 2.13. The molecule has 3 rings (SSSR count). The molecule has 1 saturated heterocycles. The third kappa shape index (κ3) is 1.35. The molecule has 1 unspecified atom stereocenters. The summed E-state index contributed by atoms with van der Waals surface area (Å²) in [5.41, 5.74) is 2.13. The average Bonchev–Trinajstić information content (AvgIpc) is 2.85. The largest absolute Gasteiger partial charge is 0.354 e. The number of aryl methyl sites for hydroxylation is 1. The maximum Gasteiger partial charge on any atom is 0.0404 e. The van der Waals surface area contributed by atoms with E-state index < -0.39 is 0 Å². The molecule has 0 bridgehead atoms. The van der Waals surface area contributed by atoms with E-state index in [0.29, 0.717) is 11.5 Å². The van der Waals surface area contributed by atoms with Gasteiger partial charge in [-0.15, -0.1) is 0 Å². The highest BCUT2D eigenvalue weighted by Gasteiger charge is 2.48. The Balaban J connectivity index is 1.82. The number of aromatic nitrogens is 1. The molecule has 2 fully saturated rings. The summed E-state index contributed by atoms with van der Waals surface area (Å²) < 4.78 is 2.28. The second-order valence-corrected chi connectivity index (χ2v) is 5.16. The minimum Gasteiger partial charge on any atom is -0.354 e. The fraction of sp³-hybridized carbons (Fsp3) is 0.692. The highest BCUT2D eigenvalue weighted by Crippen LogP contribution is 2.52. The van der Waals surface area contributed by atoms with Gasteiger partial charge in [0.1, 0.15) is 0 Å². The van der Waals surface area contributed by atoms with Crippen LogP contribution in [0.5, 0.6) is 0 Å². The summed E-state index contributed by atoms with van der Waals surface area (Å²) in [6.07, 6.45) is 10.3. The van der Waals surface area contributed by atoms with Crippen LogP contribution < -0.4 is 5.32 Å². The summed E-state index contributed by atoms with van der Waals surface area (Å²) in [5.74, 6) is 0. The van der Waals surface area contributed by atoms with Crippen molar-refractivity contribution in [3.63, 3.8) is 0 Å². The first-order valence-electron chi connectivity index (χ1n) is 6.23. The number of nitrogens with one attached hydrogen (secondary N) is 1. The van der Waals surface area contributed by atoms with Gasteiger partial charge >= 0.3 is 0 Å². The molecule has 0 radical (unpaired) electrons. The molecule has 2 aliphatic rings. The van der Waals surface area contributed by atoms with E-state index in [-0.39, 0.29) is 0 Å². The first kappa shape index (κ1) is 9.46. The Bertz CT molecular complexity index is 347. The Morgan fingerprint density at radius 1 is 1.47 bits per heavy atom. The molecule has 1 aliphatic heterocycles. The first-order valence-corrected chi connectivity index (χ1v) is 6.23. The molecule has 1 aliphatic carbocycles. The molecule has 1 aromatic heterocycles. The van der Waals surface area contributed by atoms with Gasteiger partial charge in [0.25, 0.3) is 0 Å². The number of rotatable bonds is 2. The highest BCUT2D eigenvalue weighted by molar-refractivity contribution is 5.23. The number of hydrogen-bond donors (Lipinski definition) is 1. The van der Waals surface area contributed by atoms with E-state index in [1.54, 1.807) is 0 Å². The topological polar surface area (TPSA) is 17.0 Å². The van der Waals surface area contributed by atoms with Gasteiger partial charge in [-0.25, -0.2) is 0 Å². The van der Waals surface area contributed by atoms with Crippen LogP contribution >= 0.6 is 0 Å². The van der Waals surface area contributed by atoms with Crippen LogP contribution in [0.1, 0.15) is 44.2 Å². The summed E-state index contributed by atoms with van der Waals surface area (Å²) >= 11 is 0. The Morgan fingerprint density at radius 2 is 2.27 bits per heavy atom. The number of nitrogens with zero attached hydrogens (tertiary/aromatic N) is 1. The zero-order valence-electron chi connectivity index (χ0n) is 9.50. The van der Waals surface area contributed by atoms with Crippen LogP contribution in [0.15, 0.2) is 18.5 Å². The van der Waals surface area contributed by atoms with E-state index in [0.717, 1.165) is 6.54 Å². The molecule has 0 amide bonds. The monoisotopic (exact) mass is 204 g/mol. The van der Waals surface area contributed by atoms with Gasteiger partial charge in [0, 0.05) is 36.9 Å². The van der Waals surface area contributed by atoms with Crippen molar-refractivity contribution in [2.75, 3.05) is 6.54 Å². The zero-order valence-corrected chi connectivity index (χ0v) is 9.50. The summed E-state index contributed by atoms with van der Waals surface area (Å²) in [4.78, 5) is 0.